The molecule has 0 radical (unpaired) electrons. The van der Waals surface area contributed by atoms with E-state index in [0.29, 0.717) is 0 Å². The molecule has 0 saturated heterocycles. The van der Waals surface area contributed by atoms with E-state index in [1.807, 2.05) is 0 Å². The lowest BCUT2D eigenvalue weighted by Crippen LogP contribution is -1.94. The number of unbranched alkanes of at least 4 members (excludes halogenated alkanes) is 1. The summed E-state index contributed by atoms with van der Waals surface area (Å²) in [5.74, 6) is 0. The van der Waals surface area contributed by atoms with Gasteiger partial charge in [0.05, 0.1) is 0 Å². The number of allylic oxidation sites excluding steroid dienone is 2. The van der Waals surface area contributed by atoms with Crippen molar-refractivity contribution < 1.29 is 0 Å². The minimum Gasteiger partial charge on any atom is -0.0765 e. The SMILES string of the molecule is CCCCc1ccccc1-c1ccc2c(c1Br)CC=C2C. The van der Waals surface area contributed by atoms with Crippen molar-refractivity contribution in [3.8, 4) is 11.1 Å². The van der Waals surface area contributed by atoms with Crippen LogP contribution in [0.1, 0.15) is 43.4 Å². The lowest BCUT2D eigenvalue weighted by molar-refractivity contribution is 0.796. The molecule has 0 nitrogen and oxygen atoms in total. The van der Waals surface area contributed by atoms with Crippen LogP contribution >= 0.6 is 15.9 Å². The van der Waals surface area contributed by atoms with E-state index in [0.717, 1.165) is 12.8 Å². The second-order valence-corrected chi connectivity index (χ2v) is 6.60. The predicted octanol–water partition coefficient (Wildman–Crippen LogP) is 6.42. The zero-order chi connectivity index (χ0) is 14.8. The second kappa shape index (κ2) is 6.19. The maximum Gasteiger partial charge on any atom is 0.0295 e. The first-order valence-corrected chi connectivity index (χ1v) is 8.58. The van der Waals surface area contributed by atoms with Gasteiger partial charge in [0.15, 0.2) is 0 Å². The van der Waals surface area contributed by atoms with Crippen LogP contribution in [0.4, 0.5) is 0 Å². The van der Waals surface area contributed by atoms with Crippen molar-refractivity contribution in [1.29, 1.82) is 0 Å². The van der Waals surface area contributed by atoms with Gasteiger partial charge in [-0.1, -0.05) is 55.8 Å². The molecule has 1 heteroatoms. The smallest absolute Gasteiger partial charge is 0.0295 e. The van der Waals surface area contributed by atoms with E-state index in [1.54, 1.807) is 0 Å². The molecule has 108 valence electrons. The molecule has 0 saturated carbocycles. The highest BCUT2D eigenvalue weighted by molar-refractivity contribution is 9.10. The Morgan fingerprint density at radius 1 is 1.00 bits per heavy atom. The van der Waals surface area contributed by atoms with Crippen LogP contribution in [-0.2, 0) is 12.8 Å². The first-order chi connectivity index (χ1) is 10.2. The molecule has 3 rings (SSSR count). The Labute approximate surface area is 136 Å². The zero-order valence-electron chi connectivity index (χ0n) is 12.7. The fraction of sp³-hybridized carbons (Fsp3) is 0.300. The molecule has 2 aromatic rings. The lowest BCUT2D eigenvalue weighted by Gasteiger charge is -2.14. The van der Waals surface area contributed by atoms with E-state index in [9.17, 15) is 0 Å². The molecular weight excluding hydrogens is 320 g/mol. The van der Waals surface area contributed by atoms with E-state index in [1.165, 1.54) is 50.7 Å². The number of aryl methyl sites for hydroxylation is 1. The molecule has 0 bridgehead atoms. The third kappa shape index (κ3) is 2.72. The summed E-state index contributed by atoms with van der Waals surface area (Å²) in [6.45, 7) is 4.45. The van der Waals surface area contributed by atoms with Crippen LogP contribution in [0.5, 0.6) is 0 Å². The van der Waals surface area contributed by atoms with Crippen LogP contribution in [0.3, 0.4) is 0 Å². The number of fused-ring (bicyclic) bond motifs is 1. The summed E-state index contributed by atoms with van der Waals surface area (Å²) >= 11 is 3.87. The molecule has 0 aliphatic heterocycles. The minimum atomic E-state index is 1.05. The largest absolute Gasteiger partial charge is 0.0765 e. The molecule has 0 atom stereocenters. The summed E-state index contributed by atoms with van der Waals surface area (Å²) in [6, 6.07) is 13.4. The van der Waals surface area contributed by atoms with Gasteiger partial charge in [-0.25, -0.2) is 0 Å². The van der Waals surface area contributed by atoms with Crippen LogP contribution in [-0.4, -0.2) is 0 Å². The van der Waals surface area contributed by atoms with Gasteiger partial charge in [0, 0.05) is 4.47 Å². The molecule has 0 amide bonds. The van der Waals surface area contributed by atoms with Gasteiger partial charge in [0.2, 0.25) is 0 Å². The van der Waals surface area contributed by atoms with Crippen LogP contribution < -0.4 is 0 Å². The molecule has 0 heterocycles. The average Bonchev–Trinajstić information content (AvgIpc) is 2.88. The predicted molar refractivity (Wildman–Crippen MR) is 95.5 cm³/mol. The van der Waals surface area contributed by atoms with Crippen molar-refractivity contribution in [3.05, 3.63) is 63.6 Å². The summed E-state index contributed by atoms with van der Waals surface area (Å²) < 4.78 is 1.28. The second-order valence-electron chi connectivity index (χ2n) is 5.81. The molecule has 0 unspecified atom stereocenters. The van der Waals surface area contributed by atoms with Gasteiger partial charge >= 0.3 is 0 Å². The zero-order valence-corrected chi connectivity index (χ0v) is 14.3. The Bertz CT molecular complexity index is 695. The molecule has 1 aliphatic rings. The highest BCUT2D eigenvalue weighted by Gasteiger charge is 2.17. The topological polar surface area (TPSA) is 0 Å². The van der Waals surface area contributed by atoms with E-state index >= 15 is 0 Å². The average molecular weight is 341 g/mol. The Kier molecular flexibility index (Phi) is 4.30. The molecule has 21 heavy (non-hydrogen) atoms. The van der Waals surface area contributed by atoms with Crippen LogP contribution in [0.2, 0.25) is 0 Å². The fourth-order valence-corrected chi connectivity index (χ4v) is 3.85. The molecule has 0 aromatic heterocycles. The normalized spacial score (nSPS) is 13.2. The van der Waals surface area contributed by atoms with E-state index in [-0.39, 0.29) is 0 Å². The lowest BCUT2D eigenvalue weighted by atomic mass is 9.93. The Hall–Kier alpha value is -1.34. The number of hydrogen-bond donors (Lipinski definition) is 0. The summed E-state index contributed by atoms with van der Waals surface area (Å²) in [7, 11) is 0. The van der Waals surface area contributed by atoms with Crippen molar-refractivity contribution in [3.63, 3.8) is 0 Å². The highest BCUT2D eigenvalue weighted by Crippen LogP contribution is 2.40. The molecule has 0 spiro atoms. The van der Waals surface area contributed by atoms with Gasteiger partial charge in [-0.05, 0) is 75.5 Å². The van der Waals surface area contributed by atoms with Crippen molar-refractivity contribution in [1.82, 2.24) is 0 Å². The van der Waals surface area contributed by atoms with E-state index in [4.69, 9.17) is 0 Å². The van der Waals surface area contributed by atoms with Crippen LogP contribution in [0.15, 0.2) is 46.9 Å². The summed E-state index contributed by atoms with van der Waals surface area (Å²) in [5, 5.41) is 0. The van der Waals surface area contributed by atoms with Gasteiger partial charge in [0.25, 0.3) is 0 Å². The van der Waals surface area contributed by atoms with Crippen molar-refractivity contribution in [2.75, 3.05) is 0 Å². The molecular formula is C20H21Br. The molecule has 0 fully saturated rings. The van der Waals surface area contributed by atoms with E-state index < -0.39 is 0 Å². The quantitative estimate of drug-likeness (QED) is 0.602. The monoisotopic (exact) mass is 340 g/mol. The van der Waals surface area contributed by atoms with Crippen molar-refractivity contribution in [2.45, 2.75) is 39.5 Å². The van der Waals surface area contributed by atoms with Gasteiger partial charge < -0.3 is 0 Å². The molecule has 0 N–H and O–H groups in total. The van der Waals surface area contributed by atoms with Crippen LogP contribution in [0.25, 0.3) is 16.7 Å². The summed E-state index contributed by atoms with van der Waals surface area (Å²) in [5.41, 5.74) is 8.42. The number of benzene rings is 2. The Morgan fingerprint density at radius 3 is 2.57 bits per heavy atom. The maximum atomic E-state index is 3.87. The third-order valence-electron chi connectivity index (χ3n) is 4.39. The standard InChI is InChI=1S/C20H21Br/c1-3-4-7-15-8-5-6-9-17(15)19-13-12-16-14(2)10-11-18(16)20(19)21/h5-6,8-10,12-13H,3-4,7,11H2,1-2H3. The van der Waals surface area contributed by atoms with Gasteiger partial charge in [-0.15, -0.1) is 0 Å². The van der Waals surface area contributed by atoms with E-state index in [2.05, 4.69) is 72.3 Å². The summed E-state index contributed by atoms with van der Waals surface area (Å²) in [4.78, 5) is 0. The fourth-order valence-electron chi connectivity index (χ4n) is 3.13. The molecule has 2 aromatic carbocycles. The number of rotatable bonds is 4. The van der Waals surface area contributed by atoms with Gasteiger partial charge in [0.1, 0.15) is 0 Å². The number of halogens is 1. The van der Waals surface area contributed by atoms with Crippen molar-refractivity contribution >= 4 is 21.5 Å². The first kappa shape index (κ1) is 14.6. The van der Waals surface area contributed by atoms with Crippen LogP contribution in [0, 0.1) is 0 Å². The van der Waals surface area contributed by atoms with Crippen molar-refractivity contribution in [2.24, 2.45) is 0 Å². The maximum absolute atomic E-state index is 3.87. The molecule has 1 aliphatic carbocycles. The van der Waals surface area contributed by atoms with Gasteiger partial charge in [-0.2, -0.15) is 0 Å². The minimum absolute atomic E-state index is 1.05. The summed E-state index contributed by atoms with van der Waals surface area (Å²) in [6.07, 6.45) is 7.02. The van der Waals surface area contributed by atoms with Gasteiger partial charge in [-0.3, -0.25) is 0 Å². The first-order valence-electron chi connectivity index (χ1n) is 7.79. The Morgan fingerprint density at radius 2 is 1.76 bits per heavy atom. The number of hydrogen-bond acceptors (Lipinski definition) is 0. The highest BCUT2D eigenvalue weighted by atomic mass is 79.9. The third-order valence-corrected chi connectivity index (χ3v) is 5.29. The Balaban J connectivity index is 2.07.